The third kappa shape index (κ3) is 5.07. The van der Waals surface area contributed by atoms with Crippen LogP contribution in [0.4, 0.5) is 10.2 Å². The summed E-state index contributed by atoms with van der Waals surface area (Å²) in [5.74, 6) is 0.448. The summed E-state index contributed by atoms with van der Waals surface area (Å²) in [6.07, 6.45) is 4.87. The third-order valence-corrected chi connectivity index (χ3v) is 5.18. The number of primary amides is 1. The number of halogens is 2. The van der Waals surface area contributed by atoms with Crippen LogP contribution in [0, 0.1) is 5.82 Å². The summed E-state index contributed by atoms with van der Waals surface area (Å²) in [5, 5.41) is 10.7. The molecule has 5 nitrogen and oxygen atoms in total. The van der Waals surface area contributed by atoms with Gasteiger partial charge in [-0.1, -0.05) is 35.9 Å². The number of aromatic hydroxyl groups is 1. The van der Waals surface area contributed by atoms with Gasteiger partial charge in [-0.2, -0.15) is 0 Å². The van der Waals surface area contributed by atoms with Gasteiger partial charge in [-0.15, -0.1) is 0 Å². The van der Waals surface area contributed by atoms with Gasteiger partial charge in [0.15, 0.2) is 0 Å². The van der Waals surface area contributed by atoms with E-state index in [1.165, 1.54) is 18.9 Å². The summed E-state index contributed by atoms with van der Waals surface area (Å²) >= 11 is 6.02. The molecule has 0 atom stereocenters. The number of aromatic nitrogens is 1. The van der Waals surface area contributed by atoms with Crippen LogP contribution >= 0.6 is 11.6 Å². The number of anilines is 1. The van der Waals surface area contributed by atoms with Gasteiger partial charge in [-0.3, -0.25) is 4.79 Å². The lowest BCUT2D eigenvalue weighted by Gasteiger charge is -2.16. The smallest absolute Gasteiger partial charge is 0.204 e. The Kier molecular flexibility index (Phi) is 7.25. The van der Waals surface area contributed by atoms with Gasteiger partial charge in [0, 0.05) is 30.7 Å². The fourth-order valence-corrected chi connectivity index (χ4v) is 3.73. The van der Waals surface area contributed by atoms with Gasteiger partial charge in [0.25, 0.3) is 0 Å². The summed E-state index contributed by atoms with van der Waals surface area (Å²) in [4.78, 5) is 15.4. The number of hydrogen-bond donors (Lipinski definition) is 2. The predicted molar refractivity (Wildman–Crippen MR) is 117 cm³/mol. The first kappa shape index (κ1) is 21.6. The predicted octanol–water partition coefficient (Wildman–Crippen LogP) is 4.54. The molecule has 4 rings (SSSR count). The molecule has 0 aliphatic carbocycles. The molecule has 1 fully saturated rings. The topological polar surface area (TPSA) is 79.5 Å². The van der Waals surface area contributed by atoms with Crippen LogP contribution in [0.5, 0.6) is 5.75 Å². The van der Waals surface area contributed by atoms with Crippen LogP contribution in [0.15, 0.2) is 54.7 Å². The lowest BCUT2D eigenvalue weighted by Crippen LogP contribution is -2.18. The Labute approximate surface area is 179 Å². The Hall–Kier alpha value is -3.12. The zero-order valence-corrected chi connectivity index (χ0v) is 17.1. The molecule has 1 saturated heterocycles. The third-order valence-electron chi connectivity index (χ3n) is 4.95. The first-order chi connectivity index (χ1) is 14.5. The van der Waals surface area contributed by atoms with E-state index >= 15 is 4.39 Å². The van der Waals surface area contributed by atoms with Crippen molar-refractivity contribution < 1.29 is 14.3 Å². The molecule has 0 unspecified atom stereocenters. The van der Waals surface area contributed by atoms with E-state index in [1.807, 2.05) is 12.1 Å². The van der Waals surface area contributed by atoms with Gasteiger partial charge in [0.05, 0.1) is 5.56 Å². The molecular formula is C23H23ClFN3O2. The number of nitrogens with two attached hydrogens (primary N) is 1. The largest absolute Gasteiger partial charge is 0.507 e. The molecule has 156 valence electrons. The van der Waals surface area contributed by atoms with Crippen molar-refractivity contribution in [1.29, 1.82) is 0 Å². The van der Waals surface area contributed by atoms with E-state index in [9.17, 15) is 5.11 Å². The number of benzene rings is 2. The highest BCUT2D eigenvalue weighted by Crippen LogP contribution is 2.35. The van der Waals surface area contributed by atoms with Crippen molar-refractivity contribution in [2.75, 3.05) is 18.0 Å². The maximum Gasteiger partial charge on any atom is 0.204 e. The minimum atomic E-state index is -0.430. The molecule has 0 radical (unpaired) electrons. The Balaban J connectivity index is 0.000000806. The second kappa shape index (κ2) is 10.1. The molecule has 1 aliphatic rings. The lowest BCUT2D eigenvalue weighted by molar-refractivity contribution is -0.106. The number of nitrogens with zero attached hydrogens (tertiary/aromatic N) is 2. The van der Waals surface area contributed by atoms with E-state index in [0.29, 0.717) is 22.6 Å². The normalized spacial score (nSPS) is 12.9. The molecule has 3 N–H and O–H groups in total. The molecule has 2 heterocycles. The summed E-state index contributed by atoms with van der Waals surface area (Å²) in [6.45, 7) is 2.09. The Morgan fingerprint density at radius 2 is 1.90 bits per heavy atom. The Morgan fingerprint density at radius 3 is 2.53 bits per heavy atom. The standard InChI is InChI=1S/C22H20ClFN2O.CH3NO/c23-18-5-3-4-16(13-18)21-19(27)8-7-17(22(21)24)12-15-6-9-20(25-14-15)26-10-1-2-11-26;2-1-3/h3-9,13-14,27H,1-2,10-12H2;1H,(H2,2,3). The van der Waals surface area contributed by atoms with E-state index in [0.717, 1.165) is 24.5 Å². The summed E-state index contributed by atoms with van der Waals surface area (Å²) in [6, 6.07) is 14.0. The van der Waals surface area contributed by atoms with Gasteiger partial charge in [-0.25, -0.2) is 9.37 Å². The van der Waals surface area contributed by atoms with Crippen LogP contribution in [-0.2, 0) is 11.2 Å². The Bertz CT molecular complexity index is 1010. The summed E-state index contributed by atoms with van der Waals surface area (Å²) < 4.78 is 15.1. The van der Waals surface area contributed by atoms with Crippen LogP contribution in [0.3, 0.4) is 0 Å². The van der Waals surface area contributed by atoms with Crippen molar-refractivity contribution in [1.82, 2.24) is 4.98 Å². The minimum Gasteiger partial charge on any atom is -0.507 e. The number of phenols is 1. The number of hydrogen-bond acceptors (Lipinski definition) is 4. The molecule has 0 bridgehead atoms. The molecular weight excluding hydrogens is 405 g/mol. The summed E-state index contributed by atoms with van der Waals surface area (Å²) in [7, 11) is 0. The van der Waals surface area contributed by atoms with E-state index in [-0.39, 0.29) is 17.7 Å². The van der Waals surface area contributed by atoms with Crippen LogP contribution in [-0.4, -0.2) is 29.6 Å². The monoisotopic (exact) mass is 427 g/mol. The van der Waals surface area contributed by atoms with Crippen LogP contribution in [0.25, 0.3) is 11.1 Å². The lowest BCUT2D eigenvalue weighted by atomic mass is 9.97. The molecule has 7 heteroatoms. The summed E-state index contributed by atoms with van der Waals surface area (Å²) in [5.41, 5.74) is 6.34. The highest BCUT2D eigenvalue weighted by atomic mass is 35.5. The van der Waals surface area contributed by atoms with Crippen molar-refractivity contribution in [3.05, 3.63) is 76.7 Å². The fraction of sp³-hybridized carbons (Fsp3) is 0.217. The number of amides is 1. The zero-order valence-electron chi connectivity index (χ0n) is 16.4. The van der Waals surface area contributed by atoms with Crippen LogP contribution in [0.1, 0.15) is 24.0 Å². The average molecular weight is 428 g/mol. The highest BCUT2D eigenvalue weighted by Gasteiger charge is 2.17. The van der Waals surface area contributed by atoms with Gasteiger partial charge < -0.3 is 15.7 Å². The minimum absolute atomic E-state index is 0.0963. The number of carbonyl (C=O) groups is 1. The highest BCUT2D eigenvalue weighted by molar-refractivity contribution is 6.30. The van der Waals surface area contributed by atoms with Gasteiger partial charge in [0.1, 0.15) is 17.4 Å². The van der Waals surface area contributed by atoms with Gasteiger partial charge in [0.2, 0.25) is 6.41 Å². The van der Waals surface area contributed by atoms with Crippen molar-refractivity contribution in [3.63, 3.8) is 0 Å². The quantitative estimate of drug-likeness (QED) is 0.599. The maximum absolute atomic E-state index is 15.1. The van der Waals surface area contributed by atoms with Gasteiger partial charge >= 0.3 is 0 Å². The van der Waals surface area contributed by atoms with Gasteiger partial charge in [-0.05, 0) is 53.8 Å². The molecule has 1 amide bonds. The van der Waals surface area contributed by atoms with E-state index in [4.69, 9.17) is 16.4 Å². The molecule has 3 aromatic rings. The van der Waals surface area contributed by atoms with E-state index < -0.39 is 5.82 Å². The number of rotatable bonds is 4. The molecule has 0 spiro atoms. The first-order valence-electron chi connectivity index (χ1n) is 9.65. The van der Waals surface area contributed by atoms with E-state index in [1.54, 1.807) is 36.5 Å². The first-order valence-corrected chi connectivity index (χ1v) is 10.0. The number of phenolic OH excluding ortho intramolecular Hbond substituents is 1. The van der Waals surface area contributed by atoms with Crippen molar-refractivity contribution in [3.8, 4) is 16.9 Å². The van der Waals surface area contributed by atoms with E-state index in [2.05, 4.69) is 15.6 Å². The Morgan fingerprint density at radius 1 is 1.17 bits per heavy atom. The molecule has 0 saturated carbocycles. The molecule has 1 aromatic heterocycles. The molecule has 2 aromatic carbocycles. The van der Waals surface area contributed by atoms with Crippen molar-refractivity contribution in [2.24, 2.45) is 5.73 Å². The second-order valence-electron chi connectivity index (χ2n) is 6.97. The SMILES string of the molecule is NC=O.Oc1ccc(Cc2ccc(N3CCCC3)nc2)c(F)c1-c1cccc(Cl)c1. The molecule has 1 aliphatic heterocycles. The second-order valence-corrected chi connectivity index (χ2v) is 7.41. The number of carbonyl (C=O) groups excluding carboxylic acids is 1. The van der Waals surface area contributed by atoms with Crippen LogP contribution in [0.2, 0.25) is 5.02 Å². The average Bonchev–Trinajstić information content (AvgIpc) is 3.26. The maximum atomic E-state index is 15.1. The van der Waals surface area contributed by atoms with Crippen molar-refractivity contribution in [2.45, 2.75) is 19.3 Å². The molecule has 30 heavy (non-hydrogen) atoms. The number of pyridine rings is 1. The fourth-order valence-electron chi connectivity index (χ4n) is 3.54. The van der Waals surface area contributed by atoms with Crippen LogP contribution < -0.4 is 10.6 Å². The zero-order chi connectivity index (χ0) is 21.5. The van der Waals surface area contributed by atoms with Crippen molar-refractivity contribution >= 4 is 23.8 Å².